The number of hydrogen-bond acceptors (Lipinski definition) is 2. The summed E-state index contributed by atoms with van der Waals surface area (Å²) >= 11 is 0. The van der Waals surface area contributed by atoms with Gasteiger partial charge in [-0.15, -0.1) is 0 Å². The molecule has 1 fully saturated rings. The molecule has 1 rings (SSSR count). The van der Waals surface area contributed by atoms with E-state index in [0.29, 0.717) is 6.17 Å². The summed E-state index contributed by atoms with van der Waals surface area (Å²) in [6.07, 6.45) is 4.87. The Balaban J connectivity index is 2.38. The molecule has 13 heavy (non-hydrogen) atoms. The quantitative estimate of drug-likeness (QED) is 0.660. The Morgan fingerprint density at radius 3 is 2.08 bits per heavy atom. The Hall–Kier alpha value is -0.0800. The van der Waals surface area contributed by atoms with E-state index in [0.717, 1.165) is 0 Å². The van der Waals surface area contributed by atoms with Gasteiger partial charge in [0.2, 0.25) is 0 Å². The van der Waals surface area contributed by atoms with Crippen LogP contribution in [-0.4, -0.2) is 42.1 Å². The zero-order valence-electron chi connectivity index (χ0n) is 9.42. The van der Waals surface area contributed by atoms with E-state index in [-0.39, 0.29) is 0 Å². The highest BCUT2D eigenvalue weighted by atomic mass is 15.3. The third-order valence-electron chi connectivity index (χ3n) is 3.26. The summed E-state index contributed by atoms with van der Waals surface area (Å²) in [4.78, 5) is 5.15. The third kappa shape index (κ3) is 2.96. The molecule has 2 heteroatoms. The van der Waals surface area contributed by atoms with Gasteiger partial charge in [-0.25, -0.2) is 0 Å². The first kappa shape index (κ1) is 11.0. The fraction of sp³-hybridized carbons (Fsp3) is 1.00. The van der Waals surface area contributed by atoms with Crippen molar-refractivity contribution in [2.24, 2.45) is 0 Å². The average molecular weight is 184 g/mol. The van der Waals surface area contributed by atoms with Gasteiger partial charge in [-0.05, 0) is 45.9 Å². The molecule has 0 amide bonds. The normalized spacial score (nSPS) is 22.2. The van der Waals surface area contributed by atoms with E-state index >= 15 is 0 Å². The predicted molar refractivity (Wildman–Crippen MR) is 57.8 cm³/mol. The summed E-state index contributed by atoms with van der Waals surface area (Å²) < 4.78 is 0. The molecule has 1 atom stereocenters. The fourth-order valence-electron chi connectivity index (χ4n) is 2.28. The third-order valence-corrected chi connectivity index (χ3v) is 3.26. The zero-order chi connectivity index (χ0) is 9.68. The van der Waals surface area contributed by atoms with Crippen LogP contribution in [0.1, 0.15) is 40.0 Å². The molecule has 0 aromatic carbocycles. The van der Waals surface area contributed by atoms with E-state index in [4.69, 9.17) is 0 Å². The molecular weight excluding hydrogens is 160 g/mol. The first-order valence-electron chi connectivity index (χ1n) is 5.77. The van der Waals surface area contributed by atoms with E-state index in [9.17, 15) is 0 Å². The Bertz CT molecular complexity index is 126. The second kappa shape index (κ2) is 5.61. The van der Waals surface area contributed by atoms with Crippen LogP contribution in [0.2, 0.25) is 0 Å². The van der Waals surface area contributed by atoms with Gasteiger partial charge in [-0.3, -0.25) is 9.80 Å². The number of hydrogen-bond donors (Lipinski definition) is 0. The van der Waals surface area contributed by atoms with Crippen molar-refractivity contribution in [1.82, 2.24) is 9.80 Å². The highest BCUT2D eigenvalue weighted by Gasteiger charge is 2.19. The molecule has 0 aliphatic carbocycles. The van der Waals surface area contributed by atoms with Gasteiger partial charge in [0.05, 0.1) is 6.17 Å². The van der Waals surface area contributed by atoms with Gasteiger partial charge in [-0.1, -0.05) is 20.3 Å². The molecule has 78 valence electrons. The molecule has 0 aromatic heterocycles. The van der Waals surface area contributed by atoms with Gasteiger partial charge in [-0.2, -0.15) is 0 Å². The maximum absolute atomic E-state index is 2.62. The van der Waals surface area contributed by atoms with Crippen LogP contribution in [-0.2, 0) is 0 Å². The fourth-order valence-corrected chi connectivity index (χ4v) is 2.28. The first-order valence-corrected chi connectivity index (χ1v) is 5.77. The van der Waals surface area contributed by atoms with Crippen molar-refractivity contribution < 1.29 is 0 Å². The molecule has 0 saturated carbocycles. The molecule has 0 aromatic rings. The Kier molecular flexibility index (Phi) is 4.74. The van der Waals surface area contributed by atoms with Crippen molar-refractivity contribution >= 4 is 0 Å². The molecule has 0 spiro atoms. The van der Waals surface area contributed by atoms with Crippen molar-refractivity contribution in [3.05, 3.63) is 0 Å². The molecular formula is C11H24N2. The van der Waals surface area contributed by atoms with E-state index < -0.39 is 0 Å². The molecule has 1 unspecified atom stereocenters. The smallest absolute Gasteiger partial charge is 0.0593 e. The van der Waals surface area contributed by atoms with Crippen LogP contribution in [0.15, 0.2) is 0 Å². The largest absolute Gasteiger partial charge is 0.289 e. The van der Waals surface area contributed by atoms with Gasteiger partial charge in [0.15, 0.2) is 0 Å². The van der Waals surface area contributed by atoms with Gasteiger partial charge in [0, 0.05) is 0 Å². The Morgan fingerprint density at radius 2 is 1.62 bits per heavy atom. The topological polar surface area (TPSA) is 6.48 Å². The van der Waals surface area contributed by atoms with Crippen LogP contribution in [0, 0.1) is 0 Å². The van der Waals surface area contributed by atoms with Gasteiger partial charge in [0.25, 0.3) is 0 Å². The summed E-state index contributed by atoms with van der Waals surface area (Å²) in [7, 11) is 0. The molecule has 2 nitrogen and oxygen atoms in total. The highest BCUT2D eigenvalue weighted by molar-refractivity contribution is 4.71. The molecule has 0 bridgehead atoms. The zero-order valence-corrected chi connectivity index (χ0v) is 9.42. The lowest BCUT2D eigenvalue weighted by molar-refractivity contribution is 0.0481. The number of nitrogens with zero attached hydrogens (tertiary/aromatic N) is 2. The summed E-state index contributed by atoms with van der Waals surface area (Å²) in [5.74, 6) is 0. The maximum Gasteiger partial charge on any atom is 0.0593 e. The van der Waals surface area contributed by atoms with Crippen molar-refractivity contribution in [3.63, 3.8) is 0 Å². The SMILES string of the molecule is CCN(CC)C(C)N1CCCCC1. The summed E-state index contributed by atoms with van der Waals surface area (Å²) in [6, 6.07) is 0. The summed E-state index contributed by atoms with van der Waals surface area (Å²) in [5, 5.41) is 0. The van der Waals surface area contributed by atoms with Crippen LogP contribution in [0.5, 0.6) is 0 Å². The monoisotopic (exact) mass is 184 g/mol. The number of piperidine rings is 1. The second-order valence-electron chi connectivity index (χ2n) is 3.95. The second-order valence-corrected chi connectivity index (χ2v) is 3.95. The van der Waals surface area contributed by atoms with Crippen LogP contribution in [0.25, 0.3) is 0 Å². The minimum Gasteiger partial charge on any atom is -0.289 e. The highest BCUT2D eigenvalue weighted by Crippen LogP contribution is 2.14. The summed E-state index contributed by atoms with van der Waals surface area (Å²) in [6.45, 7) is 11.8. The van der Waals surface area contributed by atoms with Gasteiger partial charge >= 0.3 is 0 Å². The Morgan fingerprint density at radius 1 is 1.08 bits per heavy atom. The first-order chi connectivity index (χ1) is 6.29. The van der Waals surface area contributed by atoms with E-state index in [1.807, 2.05) is 0 Å². The molecule has 1 heterocycles. The van der Waals surface area contributed by atoms with Gasteiger partial charge < -0.3 is 0 Å². The Labute approximate surface area is 82.9 Å². The number of likely N-dealkylation sites (tertiary alicyclic amines) is 1. The predicted octanol–water partition coefficient (Wildman–Crippen LogP) is 2.16. The van der Waals surface area contributed by atoms with E-state index in [1.54, 1.807) is 0 Å². The molecule has 1 aliphatic rings. The van der Waals surface area contributed by atoms with Crippen molar-refractivity contribution in [1.29, 1.82) is 0 Å². The van der Waals surface area contributed by atoms with Crippen LogP contribution < -0.4 is 0 Å². The number of rotatable bonds is 4. The van der Waals surface area contributed by atoms with Crippen LogP contribution in [0.4, 0.5) is 0 Å². The lowest BCUT2D eigenvalue weighted by Crippen LogP contribution is -2.48. The summed E-state index contributed by atoms with van der Waals surface area (Å²) in [5.41, 5.74) is 0. The standard InChI is InChI=1S/C11H24N2/c1-4-12(5-2)11(3)13-9-7-6-8-10-13/h11H,4-10H2,1-3H3. The molecule has 1 aliphatic heterocycles. The minimum absolute atomic E-state index is 0.648. The van der Waals surface area contributed by atoms with Crippen molar-refractivity contribution in [2.45, 2.75) is 46.2 Å². The van der Waals surface area contributed by atoms with Crippen LogP contribution in [0.3, 0.4) is 0 Å². The van der Waals surface area contributed by atoms with Crippen LogP contribution >= 0.6 is 0 Å². The van der Waals surface area contributed by atoms with E-state index in [2.05, 4.69) is 30.6 Å². The van der Waals surface area contributed by atoms with E-state index in [1.165, 1.54) is 45.4 Å². The van der Waals surface area contributed by atoms with Crippen molar-refractivity contribution in [3.8, 4) is 0 Å². The van der Waals surface area contributed by atoms with Crippen molar-refractivity contribution in [2.75, 3.05) is 26.2 Å². The lowest BCUT2D eigenvalue weighted by atomic mass is 10.1. The minimum atomic E-state index is 0.648. The molecule has 0 radical (unpaired) electrons. The maximum atomic E-state index is 2.62. The molecule has 1 saturated heterocycles. The molecule has 0 N–H and O–H groups in total. The lowest BCUT2D eigenvalue weighted by Gasteiger charge is -2.38. The average Bonchev–Trinajstić information content (AvgIpc) is 2.21. The van der Waals surface area contributed by atoms with Gasteiger partial charge in [0.1, 0.15) is 0 Å².